The second-order valence-electron chi connectivity index (χ2n) is 8.26. The number of benzene rings is 3. The summed E-state index contributed by atoms with van der Waals surface area (Å²) in [5, 5.41) is 12.7. The van der Waals surface area contributed by atoms with E-state index >= 15 is 0 Å². The lowest BCUT2D eigenvalue weighted by atomic mass is 10.2. The molecule has 1 saturated heterocycles. The Balaban J connectivity index is 1.42. The molecule has 0 spiro atoms. The topological polar surface area (TPSA) is 153 Å². The fraction of sp³-hybridized carbons (Fsp3) is 0.0800. The minimum atomic E-state index is -4.38. The van der Waals surface area contributed by atoms with E-state index in [1.165, 1.54) is 61.5 Å². The quantitative estimate of drug-likeness (QED) is 0.159. The van der Waals surface area contributed by atoms with Crippen LogP contribution in [0.4, 0.5) is 20.6 Å². The van der Waals surface area contributed by atoms with Gasteiger partial charge in [0.05, 0.1) is 14.9 Å². The highest BCUT2D eigenvalue weighted by atomic mass is 35.5. The third-order valence-electron chi connectivity index (χ3n) is 5.43. The van der Waals surface area contributed by atoms with Gasteiger partial charge in [0, 0.05) is 17.3 Å². The standard InChI is InChI=1S/C25H17ClFN3O8S2/c1-14-2-8-18(12-21(14)30(34)35)40(36,37)38-17-6-3-15(4-7-17)10-22-24(32)29(25(33)39-22)13-23(31)28-16-5-9-20(27)19(26)11-16/h2-12H,13H2,1H3,(H,28,31)/b22-10-. The molecule has 15 heteroatoms. The molecule has 1 heterocycles. The van der Waals surface area contributed by atoms with Crippen molar-refractivity contribution in [3.8, 4) is 5.75 Å². The van der Waals surface area contributed by atoms with Gasteiger partial charge in [0.1, 0.15) is 23.0 Å². The van der Waals surface area contributed by atoms with Crippen LogP contribution in [0.5, 0.6) is 5.75 Å². The number of hydrogen-bond acceptors (Lipinski definition) is 9. The van der Waals surface area contributed by atoms with Gasteiger partial charge in [-0.1, -0.05) is 29.8 Å². The molecule has 0 aromatic heterocycles. The van der Waals surface area contributed by atoms with Crippen LogP contribution in [-0.2, 0) is 19.7 Å². The molecule has 0 unspecified atom stereocenters. The number of nitrogens with one attached hydrogen (secondary N) is 1. The minimum Gasteiger partial charge on any atom is -0.379 e. The number of aryl methyl sites for hydroxylation is 1. The van der Waals surface area contributed by atoms with Crippen molar-refractivity contribution in [2.75, 3.05) is 11.9 Å². The van der Waals surface area contributed by atoms with Crippen molar-refractivity contribution in [1.29, 1.82) is 0 Å². The maximum atomic E-state index is 13.3. The molecule has 3 aromatic carbocycles. The molecule has 1 aliphatic heterocycles. The zero-order valence-electron chi connectivity index (χ0n) is 20.3. The Hall–Kier alpha value is -4.27. The molecule has 206 valence electrons. The fourth-order valence-electron chi connectivity index (χ4n) is 3.44. The van der Waals surface area contributed by atoms with E-state index in [0.29, 0.717) is 17.3 Å². The second-order valence-corrected chi connectivity index (χ2v) is 11.2. The second kappa shape index (κ2) is 11.5. The van der Waals surface area contributed by atoms with Crippen LogP contribution in [0.25, 0.3) is 6.08 Å². The first-order valence-electron chi connectivity index (χ1n) is 11.1. The zero-order chi connectivity index (χ0) is 29.2. The van der Waals surface area contributed by atoms with Gasteiger partial charge in [-0.3, -0.25) is 29.4 Å². The van der Waals surface area contributed by atoms with Gasteiger partial charge in [0.25, 0.3) is 16.8 Å². The summed E-state index contributed by atoms with van der Waals surface area (Å²) in [4.78, 5) is 48.2. The van der Waals surface area contributed by atoms with E-state index in [2.05, 4.69) is 5.32 Å². The molecule has 0 bridgehead atoms. The van der Waals surface area contributed by atoms with E-state index in [4.69, 9.17) is 15.8 Å². The highest BCUT2D eigenvalue weighted by molar-refractivity contribution is 8.18. The molecule has 0 saturated carbocycles. The Morgan fingerprint density at radius 3 is 2.50 bits per heavy atom. The van der Waals surface area contributed by atoms with Gasteiger partial charge in [-0.2, -0.15) is 8.42 Å². The number of thioether (sulfide) groups is 1. The Kier molecular flexibility index (Phi) is 8.23. The van der Waals surface area contributed by atoms with Gasteiger partial charge < -0.3 is 9.50 Å². The molecule has 1 fully saturated rings. The Morgan fingerprint density at radius 2 is 1.85 bits per heavy atom. The van der Waals surface area contributed by atoms with Crippen molar-refractivity contribution in [1.82, 2.24) is 4.90 Å². The number of nitro groups is 1. The van der Waals surface area contributed by atoms with Crippen molar-refractivity contribution in [2.45, 2.75) is 11.8 Å². The summed E-state index contributed by atoms with van der Waals surface area (Å²) in [6.07, 6.45) is 1.38. The maximum Gasteiger partial charge on any atom is 0.339 e. The number of halogens is 2. The van der Waals surface area contributed by atoms with Gasteiger partial charge >= 0.3 is 10.1 Å². The van der Waals surface area contributed by atoms with E-state index < -0.39 is 49.4 Å². The molecule has 0 atom stereocenters. The lowest BCUT2D eigenvalue weighted by molar-refractivity contribution is -0.385. The summed E-state index contributed by atoms with van der Waals surface area (Å²) in [7, 11) is -4.38. The molecule has 40 heavy (non-hydrogen) atoms. The first-order chi connectivity index (χ1) is 18.8. The average Bonchev–Trinajstić information content (AvgIpc) is 3.14. The lowest BCUT2D eigenvalue weighted by Gasteiger charge is -2.12. The summed E-state index contributed by atoms with van der Waals surface area (Å²) in [6, 6.07) is 12.4. The minimum absolute atomic E-state index is 0.0240. The Labute approximate surface area is 235 Å². The summed E-state index contributed by atoms with van der Waals surface area (Å²) < 4.78 is 43.6. The van der Waals surface area contributed by atoms with Gasteiger partial charge in [-0.05, 0) is 66.7 Å². The smallest absolute Gasteiger partial charge is 0.339 e. The van der Waals surface area contributed by atoms with Crippen LogP contribution in [0.2, 0.25) is 5.02 Å². The molecule has 11 nitrogen and oxygen atoms in total. The molecule has 4 rings (SSSR count). The number of carbonyl (C=O) groups is 3. The van der Waals surface area contributed by atoms with Gasteiger partial charge in [0.15, 0.2) is 0 Å². The fourth-order valence-corrected chi connectivity index (χ4v) is 5.41. The summed E-state index contributed by atoms with van der Waals surface area (Å²) >= 11 is 6.30. The molecule has 3 amide bonds. The number of anilines is 1. The molecule has 1 N–H and O–H groups in total. The first-order valence-corrected chi connectivity index (χ1v) is 13.7. The Morgan fingerprint density at radius 1 is 1.15 bits per heavy atom. The first kappa shape index (κ1) is 28.7. The van der Waals surface area contributed by atoms with E-state index in [1.807, 2.05) is 0 Å². The van der Waals surface area contributed by atoms with Crippen LogP contribution >= 0.6 is 23.4 Å². The number of nitrogens with zero attached hydrogens (tertiary/aromatic N) is 2. The van der Waals surface area contributed by atoms with Crippen molar-refractivity contribution >= 4 is 68.0 Å². The lowest BCUT2D eigenvalue weighted by Crippen LogP contribution is -2.36. The number of amides is 3. The summed E-state index contributed by atoms with van der Waals surface area (Å²) in [5.74, 6) is -2.18. The number of hydrogen-bond donors (Lipinski definition) is 1. The predicted molar refractivity (Wildman–Crippen MR) is 145 cm³/mol. The van der Waals surface area contributed by atoms with Crippen molar-refractivity contribution in [2.24, 2.45) is 0 Å². The number of rotatable bonds is 8. The zero-order valence-corrected chi connectivity index (χ0v) is 22.7. The molecule has 0 radical (unpaired) electrons. The number of carbonyl (C=O) groups excluding carboxylic acids is 3. The van der Waals surface area contributed by atoms with Crippen LogP contribution in [-0.4, -0.2) is 41.8 Å². The van der Waals surface area contributed by atoms with E-state index in [1.54, 1.807) is 0 Å². The Bertz CT molecular complexity index is 1690. The van der Waals surface area contributed by atoms with Gasteiger partial charge in [-0.15, -0.1) is 0 Å². The third kappa shape index (κ3) is 6.47. The van der Waals surface area contributed by atoms with E-state index in [9.17, 15) is 37.3 Å². The average molecular weight is 606 g/mol. The van der Waals surface area contributed by atoms with Crippen molar-refractivity contribution in [3.05, 3.63) is 97.6 Å². The highest BCUT2D eigenvalue weighted by Gasteiger charge is 2.36. The van der Waals surface area contributed by atoms with E-state index in [0.717, 1.165) is 17.0 Å². The third-order valence-corrected chi connectivity index (χ3v) is 7.87. The molecular formula is C25H17ClFN3O8S2. The maximum absolute atomic E-state index is 13.3. The van der Waals surface area contributed by atoms with Crippen LogP contribution in [0.15, 0.2) is 70.5 Å². The largest absolute Gasteiger partial charge is 0.379 e. The van der Waals surface area contributed by atoms with Crippen LogP contribution in [0, 0.1) is 22.9 Å². The predicted octanol–water partition coefficient (Wildman–Crippen LogP) is 5.14. The normalized spacial score (nSPS) is 14.5. The van der Waals surface area contributed by atoms with E-state index in [-0.39, 0.29) is 32.6 Å². The monoisotopic (exact) mass is 605 g/mol. The molecule has 0 aliphatic carbocycles. The SMILES string of the molecule is Cc1ccc(S(=O)(=O)Oc2ccc(/C=C3\SC(=O)N(CC(=O)Nc4ccc(F)c(Cl)c4)C3=O)cc2)cc1[N+](=O)[O-]. The van der Waals surface area contributed by atoms with Crippen LogP contribution in [0.1, 0.15) is 11.1 Å². The van der Waals surface area contributed by atoms with Crippen molar-refractivity contribution < 1.29 is 36.3 Å². The van der Waals surface area contributed by atoms with Crippen LogP contribution in [0.3, 0.4) is 0 Å². The molecule has 1 aliphatic rings. The number of nitro benzene ring substituents is 1. The summed E-state index contributed by atoms with van der Waals surface area (Å²) in [5.41, 5.74) is 0.526. The van der Waals surface area contributed by atoms with Gasteiger partial charge in [-0.25, -0.2) is 4.39 Å². The van der Waals surface area contributed by atoms with Crippen molar-refractivity contribution in [3.63, 3.8) is 0 Å². The summed E-state index contributed by atoms with van der Waals surface area (Å²) in [6.45, 7) is 0.890. The molecule has 3 aromatic rings. The molecular weight excluding hydrogens is 589 g/mol. The van der Waals surface area contributed by atoms with Crippen LogP contribution < -0.4 is 9.50 Å². The highest BCUT2D eigenvalue weighted by Crippen LogP contribution is 2.33. The van der Waals surface area contributed by atoms with Gasteiger partial charge in [0.2, 0.25) is 5.91 Å². The number of imide groups is 1.